The number of aliphatic hydroxyl groups excluding tert-OH is 1. The van der Waals surface area contributed by atoms with E-state index in [4.69, 9.17) is 5.11 Å². The normalized spacial score (nSPS) is 10.9. The summed E-state index contributed by atoms with van der Waals surface area (Å²) in [5, 5.41) is 16.1. The monoisotopic (exact) mass is 339 g/mol. The molecule has 1 amide bonds. The molecule has 0 saturated carbocycles. The zero-order valence-corrected chi connectivity index (χ0v) is 14.5. The molecule has 0 aliphatic carbocycles. The third-order valence-corrected chi connectivity index (χ3v) is 4.18. The number of rotatable bonds is 5. The highest BCUT2D eigenvalue weighted by Crippen LogP contribution is 2.18. The first kappa shape index (κ1) is 16.9. The van der Waals surface area contributed by atoms with E-state index in [9.17, 15) is 4.79 Å². The van der Waals surface area contributed by atoms with Crippen molar-refractivity contribution in [2.45, 2.75) is 27.3 Å². The number of nitrogens with zero attached hydrogens (tertiary/aromatic N) is 4. The summed E-state index contributed by atoms with van der Waals surface area (Å²) >= 11 is 0. The average Bonchev–Trinajstić information content (AvgIpc) is 3.12. The van der Waals surface area contributed by atoms with Crippen LogP contribution in [0.1, 0.15) is 27.4 Å². The lowest BCUT2D eigenvalue weighted by Gasteiger charge is -2.08. The van der Waals surface area contributed by atoms with E-state index >= 15 is 0 Å². The van der Waals surface area contributed by atoms with Crippen molar-refractivity contribution in [1.82, 2.24) is 19.3 Å². The molecular formula is C18H21N5O2. The number of aromatic nitrogens is 4. The second kappa shape index (κ2) is 6.90. The minimum absolute atomic E-state index is 0.0171. The van der Waals surface area contributed by atoms with Crippen molar-refractivity contribution in [2.24, 2.45) is 0 Å². The summed E-state index contributed by atoms with van der Waals surface area (Å²) in [4.78, 5) is 16.7. The van der Waals surface area contributed by atoms with Crippen LogP contribution in [0.25, 0.3) is 5.69 Å². The Hall–Kier alpha value is -2.93. The maximum atomic E-state index is 12.4. The smallest absolute Gasteiger partial charge is 0.259 e. The Kier molecular flexibility index (Phi) is 4.67. The lowest BCUT2D eigenvalue weighted by atomic mass is 10.2. The van der Waals surface area contributed by atoms with E-state index in [2.05, 4.69) is 15.4 Å². The van der Waals surface area contributed by atoms with Gasteiger partial charge in [0.1, 0.15) is 0 Å². The Bertz CT molecular complexity index is 893. The van der Waals surface area contributed by atoms with E-state index < -0.39 is 0 Å². The number of carbonyl (C=O) groups is 1. The molecule has 0 spiro atoms. The van der Waals surface area contributed by atoms with Crippen molar-refractivity contribution in [1.29, 1.82) is 0 Å². The molecule has 1 aromatic carbocycles. The van der Waals surface area contributed by atoms with E-state index in [1.54, 1.807) is 24.1 Å². The van der Waals surface area contributed by atoms with Crippen molar-refractivity contribution < 1.29 is 9.90 Å². The van der Waals surface area contributed by atoms with Crippen LogP contribution >= 0.6 is 0 Å². The Morgan fingerprint density at radius 2 is 1.88 bits per heavy atom. The van der Waals surface area contributed by atoms with Crippen LogP contribution in [-0.2, 0) is 6.54 Å². The molecule has 0 radical (unpaired) electrons. The zero-order valence-electron chi connectivity index (χ0n) is 14.5. The minimum Gasteiger partial charge on any atom is -0.394 e. The summed E-state index contributed by atoms with van der Waals surface area (Å²) in [7, 11) is 0. The van der Waals surface area contributed by atoms with Gasteiger partial charge >= 0.3 is 0 Å². The van der Waals surface area contributed by atoms with Crippen molar-refractivity contribution in [2.75, 3.05) is 11.9 Å². The number of aryl methyl sites for hydroxylation is 2. The van der Waals surface area contributed by atoms with E-state index in [0.29, 0.717) is 23.5 Å². The maximum absolute atomic E-state index is 12.4. The number of anilines is 1. The largest absolute Gasteiger partial charge is 0.394 e. The molecule has 7 heteroatoms. The molecule has 0 fully saturated rings. The van der Waals surface area contributed by atoms with Gasteiger partial charge in [-0.2, -0.15) is 5.10 Å². The summed E-state index contributed by atoms with van der Waals surface area (Å²) in [5.41, 5.74) is 4.91. The summed E-state index contributed by atoms with van der Waals surface area (Å²) < 4.78 is 3.57. The number of imidazole rings is 1. The standard InChI is InChI=1S/C18H21N5O2/c1-12-14(3)23(11-19-12)16-6-4-15(5-7-16)20-18(25)17-10-22(8-9-24)21-13(17)2/h4-7,10-11,24H,8-9H2,1-3H3,(H,20,25). The third kappa shape index (κ3) is 3.46. The second-order valence-corrected chi connectivity index (χ2v) is 5.90. The molecule has 3 rings (SSSR count). The highest BCUT2D eigenvalue weighted by molar-refractivity contribution is 6.04. The van der Waals surface area contributed by atoms with E-state index in [0.717, 1.165) is 17.1 Å². The van der Waals surface area contributed by atoms with Gasteiger partial charge in [-0.1, -0.05) is 0 Å². The summed E-state index contributed by atoms with van der Waals surface area (Å²) in [6.45, 7) is 6.11. The van der Waals surface area contributed by atoms with E-state index in [1.165, 1.54) is 0 Å². The molecule has 7 nitrogen and oxygen atoms in total. The number of nitrogens with one attached hydrogen (secondary N) is 1. The fourth-order valence-electron chi connectivity index (χ4n) is 2.62. The van der Waals surface area contributed by atoms with Crippen LogP contribution in [0.15, 0.2) is 36.8 Å². The highest BCUT2D eigenvalue weighted by atomic mass is 16.3. The quantitative estimate of drug-likeness (QED) is 0.746. The Morgan fingerprint density at radius 1 is 1.16 bits per heavy atom. The van der Waals surface area contributed by atoms with Gasteiger partial charge in [0.25, 0.3) is 5.91 Å². The predicted octanol–water partition coefficient (Wildman–Crippen LogP) is 2.24. The lowest BCUT2D eigenvalue weighted by Crippen LogP contribution is -2.12. The van der Waals surface area contributed by atoms with Crippen molar-refractivity contribution in [3.05, 3.63) is 59.4 Å². The van der Waals surface area contributed by atoms with Gasteiger partial charge in [-0.25, -0.2) is 4.98 Å². The van der Waals surface area contributed by atoms with Crippen molar-refractivity contribution in [3.63, 3.8) is 0 Å². The fourth-order valence-corrected chi connectivity index (χ4v) is 2.62. The molecule has 0 atom stereocenters. The average molecular weight is 339 g/mol. The first-order valence-electron chi connectivity index (χ1n) is 8.07. The molecule has 3 aromatic rings. The highest BCUT2D eigenvalue weighted by Gasteiger charge is 2.13. The zero-order chi connectivity index (χ0) is 18.0. The predicted molar refractivity (Wildman–Crippen MR) is 95.0 cm³/mol. The minimum atomic E-state index is -0.218. The first-order valence-corrected chi connectivity index (χ1v) is 8.07. The van der Waals surface area contributed by atoms with Gasteiger partial charge in [-0.15, -0.1) is 0 Å². The first-order chi connectivity index (χ1) is 12.0. The van der Waals surface area contributed by atoms with Gasteiger partial charge in [-0.3, -0.25) is 9.48 Å². The molecule has 0 aliphatic rings. The van der Waals surface area contributed by atoms with Gasteiger partial charge in [0, 0.05) is 23.3 Å². The number of carbonyl (C=O) groups excluding carboxylic acids is 1. The van der Waals surface area contributed by atoms with Crippen molar-refractivity contribution in [3.8, 4) is 5.69 Å². The van der Waals surface area contributed by atoms with Gasteiger partial charge in [0.05, 0.1) is 36.4 Å². The van der Waals surface area contributed by atoms with E-state index in [1.807, 2.05) is 42.7 Å². The van der Waals surface area contributed by atoms with Gasteiger partial charge < -0.3 is 15.0 Å². The van der Waals surface area contributed by atoms with Crippen LogP contribution in [0.4, 0.5) is 5.69 Å². The van der Waals surface area contributed by atoms with Gasteiger partial charge in [0.2, 0.25) is 0 Å². The van der Waals surface area contributed by atoms with Gasteiger partial charge in [-0.05, 0) is 45.0 Å². The molecule has 0 unspecified atom stereocenters. The molecule has 2 aromatic heterocycles. The SMILES string of the molecule is Cc1nn(CCO)cc1C(=O)Nc1ccc(-n2cnc(C)c2C)cc1. The molecule has 2 N–H and O–H groups in total. The number of hydrogen-bond donors (Lipinski definition) is 2. The number of amides is 1. The molecular weight excluding hydrogens is 318 g/mol. The Balaban J connectivity index is 1.75. The van der Waals surface area contributed by atoms with Crippen LogP contribution in [0, 0.1) is 20.8 Å². The topological polar surface area (TPSA) is 85.0 Å². The summed E-state index contributed by atoms with van der Waals surface area (Å²) in [5.74, 6) is -0.218. The molecule has 0 saturated heterocycles. The number of hydrogen-bond acceptors (Lipinski definition) is 4. The van der Waals surface area contributed by atoms with Crippen LogP contribution in [0.2, 0.25) is 0 Å². The third-order valence-electron chi connectivity index (χ3n) is 4.18. The van der Waals surface area contributed by atoms with Crippen LogP contribution < -0.4 is 5.32 Å². The van der Waals surface area contributed by atoms with Gasteiger partial charge in [0.15, 0.2) is 0 Å². The number of benzene rings is 1. The molecule has 2 heterocycles. The van der Waals surface area contributed by atoms with Crippen molar-refractivity contribution >= 4 is 11.6 Å². The molecule has 25 heavy (non-hydrogen) atoms. The lowest BCUT2D eigenvalue weighted by molar-refractivity contribution is 0.102. The van der Waals surface area contributed by atoms with Crippen LogP contribution in [-0.4, -0.2) is 37.0 Å². The summed E-state index contributed by atoms with van der Waals surface area (Å²) in [6.07, 6.45) is 3.43. The molecule has 0 bridgehead atoms. The van der Waals surface area contributed by atoms with Crippen LogP contribution in [0.5, 0.6) is 0 Å². The molecule has 130 valence electrons. The van der Waals surface area contributed by atoms with E-state index in [-0.39, 0.29) is 12.5 Å². The Morgan fingerprint density at radius 3 is 2.48 bits per heavy atom. The molecule has 0 aliphatic heterocycles. The maximum Gasteiger partial charge on any atom is 0.259 e. The fraction of sp³-hybridized carbons (Fsp3) is 0.278. The number of aliphatic hydroxyl groups is 1. The second-order valence-electron chi connectivity index (χ2n) is 5.90. The van der Waals surface area contributed by atoms with Crippen LogP contribution in [0.3, 0.4) is 0 Å². The Labute approximate surface area is 145 Å². The summed E-state index contributed by atoms with van der Waals surface area (Å²) in [6, 6.07) is 7.59.